The maximum absolute atomic E-state index is 13.7. The quantitative estimate of drug-likeness (QED) is 0.433. The van der Waals surface area contributed by atoms with E-state index in [1.807, 2.05) is 6.92 Å². The lowest BCUT2D eigenvalue weighted by Crippen LogP contribution is -2.41. The maximum Gasteiger partial charge on any atom is 0.308 e. The maximum atomic E-state index is 13.7. The van der Waals surface area contributed by atoms with Crippen molar-refractivity contribution in [2.45, 2.75) is 33.7 Å². The van der Waals surface area contributed by atoms with Crippen LogP contribution in [-0.2, 0) is 24.2 Å². The number of rotatable bonds is 6. The Balaban J connectivity index is 2.18. The van der Waals surface area contributed by atoms with Gasteiger partial charge in [0.2, 0.25) is 5.75 Å². The molecule has 0 radical (unpaired) electrons. The Labute approximate surface area is 202 Å². The van der Waals surface area contributed by atoms with Crippen LogP contribution in [0.5, 0.6) is 17.2 Å². The van der Waals surface area contributed by atoms with Gasteiger partial charge in [-0.1, -0.05) is 17.7 Å². The summed E-state index contributed by atoms with van der Waals surface area (Å²) in [5, 5.41) is 1.05. The fourth-order valence-electron chi connectivity index (χ4n) is 3.43. The third-order valence-electron chi connectivity index (χ3n) is 4.79. The minimum atomic E-state index is -3.51. The molecule has 2 aromatic carbocycles. The number of sulfone groups is 1. The first-order valence-corrected chi connectivity index (χ1v) is 12.1. The average Bonchev–Trinajstić information content (AvgIpc) is 3.09. The van der Waals surface area contributed by atoms with Crippen LogP contribution >= 0.6 is 0 Å². The predicted octanol–water partition coefficient (Wildman–Crippen LogP) is 2.73. The van der Waals surface area contributed by atoms with Crippen LogP contribution in [0.3, 0.4) is 0 Å². The van der Waals surface area contributed by atoms with Gasteiger partial charge in [-0.2, -0.15) is 0 Å². The molecule has 1 aliphatic heterocycles. The Morgan fingerprint density at radius 3 is 1.80 bits per heavy atom. The molecule has 1 amide bonds. The molecule has 1 unspecified atom stereocenters. The van der Waals surface area contributed by atoms with Crippen molar-refractivity contribution in [3.05, 3.63) is 59.0 Å². The van der Waals surface area contributed by atoms with Crippen LogP contribution in [0.4, 0.5) is 5.69 Å². The smallest absolute Gasteiger partial charge is 0.308 e. The molecule has 2 aromatic rings. The normalized spacial score (nSPS) is 15.8. The molecule has 0 N–H and O–H groups in total. The number of amides is 1. The first kappa shape index (κ1) is 25.6. The highest BCUT2D eigenvalue weighted by molar-refractivity contribution is 7.94. The van der Waals surface area contributed by atoms with E-state index in [0.29, 0.717) is 5.69 Å². The molecule has 0 fully saturated rings. The van der Waals surface area contributed by atoms with Crippen LogP contribution in [0.2, 0.25) is 0 Å². The number of benzene rings is 2. The van der Waals surface area contributed by atoms with Crippen molar-refractivity contribution in [3.8, 4) is 17.2 Å². The molecule has 1 aliphatic rings. The summed E-state index contributed by atoms with van der Waals surface area (Å²) in [6.07, 6.45) is 1.40. The summed E-state index contributed by atoms with van der Waals surface area (Å²) in [5.74, 6) is -4.35. The van der Waals surface area contributed by atoms with E-state index >= 15 is 0 Å². The van der Waals surface area contributed by atoms with Crippen LogP contribution in [0, 0.1) is 6.92 Å². The van der Waals surface area contributed by atoms with E-state index < -0.39 is 39.7 Å². The molecule has 1 heterocycles. The Morgan fingerprint density at radius 1 is 0.857 bits per heavy atom. The molecule has 35 heavy (non-hydrogen) atoms. The van der Waals surface area contributed by atoms with E-state index in [-0.39, 0.29) is 28.6 Å². The van der Waals surface area contributed by atoms with E-state index in [1.165, 1.54) is 11.0 Å². The monoisotopic (exact) mass is 501 g/mol. The van der Waals surface area contributed by atoms with Crippen LogP contribution in [0.25, 0.3) is 0 Å². The standard InChI is InChI=1S/C24H23NO9S/c1-14-5-7-19(8-6-14)25(20-9-10-35(30,31)13-20)24(29)18-11-21(32-15(2)26)23(34-17(4)28)22(12-18)33-16(3)27/h5-12,20H,13H2,1-4H3. The highest BCUT2D eigenvalue weighted by atomic mass is 32.2. The van der Waals surface area contributed by atoms with Crippen molar-refractivity contribution in [3.63, 3.8) is 0 Å². The van der Waals surface area contributed by atoms with Gasteiger partial charge in [-0.25, -0.2) is 8.42 Å². The number of hydrogen-bond donors (Lipinski definition) is 0. The molecule has 0 saturated carbocycles. The fraction of sp³-hybridized carbons (Fsp3) is 0.250. The van der Waals surface area contributed by atoms with Gasteiger partial charge in [-0.15, -0.1) is 0 Å². The number of hydrogen-bond acceptors (Lipinski definition) is 9. The molecule has 0 bridgehead atoms. The zero-order chi connectivity index (χ0) is 25.9. The number of carbonyl (C=O) groups excluding carboxylic acids is 4. The highest BCUT2D eigenvalue weighted by Gasteiger charge is 2.33. The third kappa shape index (κ3) is 6.33. The van der Waals surface area contributed by atoms with Gasteiger partial charge in [0, 0.05) is 37.4 Å². The lowest BCUT2D eigenvalue weighted by atomic mass is 10.1. The number of anilines is 1. The molecule has 1 atom stereocenters. The lowest BCUT2D eigenvalue weighted by molar-refractivity contribution is -0.135. The van der Waals surface area contributed by atoms with Crippen LogP contribution in [0.1, 0.15) is 36.7 Å². The van der Waals surface area contributed by atoms with Gasteiger partial charge in [0.15, 0.2) is 21.3 Å². The molecule has 0 saturated heterocycles. The lowest BCUT2D eigenvalue weighted by Gasteiger charge is -2.28. The first-order chi connectivity index (χ1) is 16.4. The summed E-state index contributed by atoms with van der Waals surface area (Å²) in [7, 11) is -3.51. The van der Waals surface area contributed by atoms with E-state index in [4.69, 9.17) is 14.2 Å². The molecule has 11 heteroatoms. The zero-order valence-electron chi connectivity index (χ0n) is 19.4. The van der Waals surface area contributed by atoms with Crippen molar-refractivity contribution in [1.29, 1.82) is 0 Å². The molecule has 0 aliphatic carbocycles. The van der Waals surface area contributed by atoms with E-state index in [2.05, 4.69) is 0 Å². The minimum Gasteiger partial charge on any atom is -0.423 e. The van der Waals surface area contributed by atoms with Gasteiger partial charge in [0.1, 0.15) is 0 Å². The number of carbonyl (C=O) groups is 4. The van der Waals surface area contributed by atoms with Crippen molar-refractivity contribution in [1.82, 2.24) is 0 Å². The second-order valence-corrected chi connectivity index (χ2v) is 9.75. The minimum absolute atomic E-state index is 0.105. The predicted molar refractivity (Wildman–Crippen MR) is 125 cm³/mol. The summed E-state index contributed by atoms with van der Waals surface area (Å²) >= 11 is 0. The van der Waals surface area contributed by atoms with Crippen LogP contribution in [-0.4, -0.2) is 44.0 Å². The summed E-state index contributed by atoms with van der Waals surface area (Å²) in [5.41, 5.74) is 1.24. The number of nitrogens with zero attached hydrogens (tertiary/aromatic N) is 1. The van der Waals surface area contributed by atoms with Gasteiger partial charge in [-0.3, -0.25) is 19.2 Å². The van der Waals surface area contributed by atoms with Gasteiger partial charge in [0.25, 0.3) is 5.91 Å². The first-order valence-electron chi connectivity index (χ1n) is 10.4. The number of ether oxygens (including phenoxy) is 3. The van der Waals surface area contributed by atoms with E-state index in [1.54, 1.807) is 24.3 Å². The molecule has 10 nitrogen and oxygen atoms in total. The number of aryl methyl sites for hydroxylation is 1. The third-order valence-corrected chi connectivity index (χ3v) is 6.17. The number of esters is 3. The SMILES string of the molecule is CC(=O)Oc1cc(C(=O)N(c2ccc(C)cc2)C2C=CS(=O)(=O)C2)cc(OC(C)=O)c1OC(C)=O. The second kappa shape index (κ2) is 10.1. The van der Waals surface area contributed by atoms with Gasteiger partial charge in [-0.05, 0) is 37.3 Å². The van der Waals surface area contributed by atoms with Gasteiger partial charge < -0.3 is 19.1 Å². The summed E-state index contributed by atoms with van der Waals surface area (Å²) in [6, 6.07) is 8.35. The highest BCUT2D eigenvalue weighted by Crippen LogP contribution is 2.40. The van der Waals surface area contributed by atoms with Gasteiger partial charge in [0.05, 0.1) is 11.8 Å². The average molecular weight is 502 g/mol. The molecule has 3 rings (SSSR count). The topological polar surface area (TPSA) is 133 Å². The Kier molecular flexibility index (Phi) is 7.39. The second-order valence-electron chi connectivity index (χ2n) is 7.82. The van der Waals surface area contributed by atoms with E-state index in [9.17, 15) is 27.6 Å². The Hall–Kier alpha value is -3.99. The molecular weight excluding hydrogens is 478 g/mol. The van der Waals surface area contributed by atoms with Crippen LogP contribution in [0.15, 0.2) is 47.9 Å². The summed E-state index contributed by atoms with van der Waals surface area (Å²) in [4.78, 5) is 50.0. The van der Waals surface area contributed by atoms with E-state index in [0.717, 1.165) is 43.9 Å². The summed E-state index contributed by atoms with van der Waals surface area (Å²) in [6.45, 7) is 5.16. The fourth-order valence-corrected chi connectivity index (χ4v) is 4.70. The van der Waals surface area contributed by atoms with Crippen LogP contribution < -0.4 is 19.1 Å². The van der Waals surface area contributed by atoms with Crippen molar-refractivity contribution in [2.75, 3.05) is 10.7 Å². The van der Waals surface area contributed by atoms with Crippen molar-refractivity contribution < 1.29 is 41.8 Å². The largest absolute Gasteiger partial charge is 0.423 e. The molecule has 0 spiro atoms. The Morgan fingerprint density at radius 2 is 1.37 bits per heavy atom. The molecule has 184 valence electrons. The molecule has 0 aromatic heterocycles. The van der Waals surface area contributed by atoms with Crippen molar-refractivity contribution in [2.24, 2.45) is 0 Å². The molecular formula is C24H23NO9S. The van der Waals surface area contributed by atoms with Crippen molar-refractivity contribution >= 4 is 39.3 Å². The zero-order valence-corrected chi connectivity index (χ0v) is 20.2. The summed E-state index contributed by atoms with van der Waals surface area (Å²) < 4.78 is 39.6. The Bertz CT molecular complexity index is 1290. The van der Waals surface area contributed by atoms with Gasteiger partial charge >= 0.3 is 17.9 Å².